The maximum Gasteiger partial charge on any atom is 0.0415 e. The van der Waals surface area contributed by atoms with Crippen LogP contribution in [0.2, 0.25) is 0 Å². The molecule has 3 aliphatic rings. The number of aryl methyl sites for hydroxylation is 2. The lowest BCUT2D eigenvalue weighted by Crippen LogP contribution is -2.59. The van der Waals surface area contributed by atoms with Crippen LogP contribution in [0.3, 0.4) is 0 Å². The molecule has 0 N–H and O–H groups in total. The Hall–Kier alpha value is -1.02. The first-order chi connectivity index (χ1) is 10.3. The van der Waals surface area contributed by atoms with Crippen LogP contribution in [-0.2, 0) is 12.8 Å². The van der Waals surface area contributed by atoms with E-state index in [1.807, 2.05) is 0 Å². The fourth-order valence-electron chi connectivity index (χ4n) is 4.66. The molecule has 1 aromatic rings. The van der Waals surface area contributed by atoms with Gasteiger partial charge in [0.15, 0.2) is 0 Å². The molecule has 0 bridgehead atoms. The third-order valence-corrected chi connectivity index (χ3v) is 5.93. The predicted molar refractivity (Wildman–Crippen MR) is 89.1 cm³/mol. The summed E-state index contributed by atoms with van der Waals surface area (Å²) in [5, 5.41) is 0. The quantitative estimate of drug-likeness (QED) is 0.818. The second-order valence-corrected chi connectivity index (χ2v) is 7.17. The summed E-state index contributed by atoms with van der Waals surface area (Å²) >= 11 is 0. The van der Waals surface area contributed by atoms with Crippen molar-refractivity contribution in [2.75, 3.05) is 24.5 Å². The molecule has 2 heteroatoms. The van der Waals surface area contributed by atoms with Gasteiger partial charge in [-0.1, -0.05) is 19.4 Å². The standard InChI is InChI=1S/C19H28N2/c1-2-17-13-20-11-4-3-8-19(20)14-21(17)18-10-9-15-6-5-7-16(15)12-18/h9-10,12,17,19H,2-8,11,13-14H2,1H3. The zero-order valence-electron chi connectivity index (χ0n) is 13.4. The Labute approximate surface area is 129 Å². The van der Waals surface area contributed by atoms with Crippen molar-refractivity contribution in [3.8, 4) is 0 Å². The summed E-state index contributed by atoms with van der Waals surface area (Å²) in [6.45, 7) is 6.21. The van der Waals surface area contributed by atoms with E-state index in [1.165, 1.54) is 70.3 Å². The molecule has 0 radical (unpaired) electrons. The van der Waals surface area contributed by atoms with Crippen molar-refractivity contribution >= 4 is 5.69 Å². The predicted octanol–water partition coefficient (Wildman–Crippen LogP) is 3.63. The molecule has 1 aromatic carbocycles. The van der Waals surface area contributed by atoms with Crippen LogP contribution in [-0.4, -0.2) is 36.6 Å². The molecule has 2 aliphatic heterocycles. The van der Waals surface area contributed by atoms with Crippen LogP contribution in [0.5, 0.6) is 0 Å². The average Bonchev–Trinajstić information content (AvgIpc) is 3.01. The van der Waals surface area contributed by atoms with Crippen LogP contribution in [0.25, 0.3) is 0 Å². The van der Waals surface area contributed by atoms with Gasteiger partial charge in [0.25, 0.3) is 0 Å². The van der Waals surface area contributed by atoms with E-state index >= 15 is 0 Å². The fourth-order valence-corrected chi connectivity index (χ4v) is 4.66. The molecule has 0 aromatic heterocycles. The Morgan fingerprint density at radius 1 is 1.05 bits per heavy atom. The Bertz CT molecular complexity index is 510. The number of hydrogen-bond donors (Lipinski definition) is 0. The molecule has 2 nitrogen and oxygen atoms in total. The summed E-state index contributed by atoms with van der Waals surface area (Å²) in [5.41, 5.74) is 4.71. The molecule has 1 aliphatic carbocycles. The lowest BCUT2D eigenvalue weighted by atomic mass is 9.95. The summed E-state index contributed by atoms with van der Waals surface area (Å²) in [4.78, 5) is 5.49. The van der Waals surface area contributed by atoms with Gasteiger partial charge in [0.2, 0.25) is 0 Å². The van der Waals surface area contributed by atoms with Crippen molar-refractivity contribution in [3.05, 3.63) is 29.3 Å². The minimum absolute atomic E-state index is 0.707. The van der Waals surface area contributed by atoms with Crippen LogP contribution in [0, 0.1) is 0 Å². The van der Waals surface area contributed by atoms with Gasteiger partial charge in [-0.25, -0.2) is 0 Å². The first-order valence-electron chi connectivity index (χ1n) is 8.97. The SMILES string of the molecule is CCC1CN2CCCCC2CN1c1ccc2c(c1)CCC2. The molecule has 21 heavy (non-hydrogen) atoms. The van der Waals surface area contributed by atoms with E-state index in [9.17, 15) is 0 Å². The lowest BCUT2D eigenvalue weighted by molar-refractivity contribution is 0.111. The van der Waals surface area contributed by atoms with Crippen molar-refractivity contribution in [2.45, 2.75) is 64.0 Å². The lowest BCUT2D eigenvalue weighted by Gasteiger charge is -2.49. The number of fused-ring (bicyclic) bond motifs is 2. The van der Waals surface area contributed by atoms with Crippen LogP contribution >= 0.6 is 0 Å². The van der Waals surface area contributed by atoms with Gasteiger partial charge in [-0.05, 0) is 68.3 Å². The van der Waals surface area contributed by atoms with Gasteiger partial charge in [0.1, 0.15) is 0 Å². The van der Waals surface area contributed by atoms with Gasteiger partial charge < -0.3 is 4.90 Å². The topological polar surface area (TPSA) is 6.48 Å². The minimum Gasteiger partial charge on any atom is -0.366 e. The highest BCUT2D eigenvalue weighted by Crippen LogP contribution is 2.32. The van der Waals surface area contributed by atoms with Gasteiger partial charge in [0, 0.05) is 30.9 Å². The summed E-state index contributed by atoms with van der Waals surface area (Å²) < 4.78 is 0. The van der Waals surface area contributed by atoms with Crippen LogP contribution in [0.4, 0.5) is 5.69 Å². The number of nitrogens with zero attached hydrogens (tertiary/aromatic N) is 2. The van der Waals surface area contributed by atoms with Gasteiger partial charge in [-0.2, -0.15) is 0 Å². The number of benzene rings is 1. The number of rotatable bonds is 2. The molecule has 2 saturated heterocycles. The maximum atomic E-state index is 2.77. The third kappa shape index (κ3) is 2.48. The Morgan fingerprint density at radius 3 is 2.86 bits per heavy atom. The van der Waals surface area contributed by atoms with E-state index in [0.29, 0.717) is 6.04 Å². The number of anilines is 1. The zero-order chi connectivity index (χ0) is 14.2. The van der Waals surface area contributed by atoms with Crippen molar-refractivity contribution in [1.29, 1.82) is 0 Å². The summed E-state index contributed by atoms with van der Waals surface area (Å²) in [6.07, 6.45) is 9.44. The van der Waals surface area contributed by atoms with E-state index in [0.717, 1.165) is 6.04 Å². The molecular weight excluding hydrogens is 256 g/mol. The molecule has 2 fully saturated rings. The average molecular weight is 284 g/mol. The van der Waals surface area contributed by atoms with Gasteiger partial charge in [-0.3, -0.25) is 4.90 Å². The highest BCUT2D eigenvalue weighted by Gasteiger charge is 2.34. The largest absolute Gasteiger partial charge is 0.366 e. The number of piperidine rings is 1. The highest BCUT2D eigenvalue weighted by molar-refractivity contribution is 5.53. The first-order valence-corrected chi connectivity index (χ1v) is 8.97. The minimum atomic E-state index is 0.707. The van der Waals surface area contributed by atoms with Gasteiger partial charge >= 0.3 is 0 Å². The Kier molecular flexibility index (Phi) is 3.66. The van der Waals surface area contributed by atoms with Crippen molar-refractivity contribution in [2.24, 2.45) is 0 Å². The van der Waals surface area contributed by atoms with Crippen molar-refractivity contribution < 1.29 is 0 Å². The number of piperazine rings is 1. The number of hydrogen-bond acceptors (Lipinski definition) is 2. The zero-order valence-corrected chi connectivity index (χ0v) is 13.4. The maximum absolute atomic E-state index is 2.77. The smallest absolute Gasteiger partial charge is 0.0415 e. The van der Waals surface area contributed by atoms with Crippen molar-refractivity contribution in [3.63, 3.8) is 0 Å². The molecule has 0 saturated carbocycles. The normalized spacial score (nSPS) is 29.3. The van der Waals surface area contributed by atoms with Crippen LogP contribution in [0.1, 0.15) is 50.2 Å². The molecule has 0 spiro atoms. The second-order valence-electron chi connectivity index (χ2n) is 7.17. The fraction of sp³-hybridized carbons (Fsp3) is 0.684. The van der Waals surface area contributed by atoms with Crippen molar-refractivity contribution in [1.82, 2.24) is 4.90 Å². The third-order valence-electron chi connectivity index (χ3n) is 5.93. The van der Waals surface area contributed by atoms with E-state index in [-0.39, 0.29) is 0 Å². The Morgan fingerprint density at radius 2 is 1.95 bits per heavy atom. The monoisotopic (exact) mass is 284 g/mol. The molecule has 2 unspecified atom stereocenters. The first kappa shape index (κ1) is 13.6. The molecule has 4 rings (SSSR count). The molecule has 0 amide bonds. The van der Waals surface area contributed by atoms with Gasteiger partial charge in [-0.15, -0.1) is 0 Å². The molecule has 2 atom stereocenters. The summed E-state index contributed by atoms with van der Waals surface area (Å²) in [7, 11) is 0. The van der Waals surface area contributed by atoms with E-state index in [2.05, 4.69) is 34.9 Å². The highest BCUT2D eigenvalue weighted by atomic mass is 15.3. The van der Waals surface area contributed by atoms with Crippen LogP contribution in [0.15, 0.2) is 18.2 Å². The molecular formula is C19H28N2. The van der Waals surface area contributed by atoms with Gasteiger partial charge in [0.05, 0.1) is 0 Å². The summed E-state index contributed by atoms with van der Waals surface area (Å²) in [5.74, 6) is 0. The van der Waals surface area contributed by atoms with E-state index in [1.54, 1.807) is 11.1 Å². The Balaban J connectivity index is 1.60. The molecule has 114 valence electrons. The second kappa shape index (κ2) is 5.64. The van der Waals surface area contributed by atoms with E-state index in [4.69, 9.17) is 0 Å². The summed E-state index contributed by atoms with van der Waals surface area (Å²) in [6, 6.07) is 8.81. The molecule has 2 heterocycles. The van der Waals surface area contributed by atoms with E-state index < -0.39 is 0 Å². The van der Waals surface area contributed by atoms with Crippen LogP contribution < -0.4 is 4.90 Å².